The van der Waals surface area contributed by atoms with E-state index in [0.29, 0.717) is 11.3 Å². The van der Waals surface area contributed by atoms with Crippen LogP contribution in [-0.2, 0) is 6.54 Å². The van der Waals surface area contributed by atoms with E-state index in [1.807, 2.05) is 7.05 Å². The number of guanidine groups is 1. The Bertz CT molecular complexity index is 516. The maximum absolute atomic E-state index is 4.68. The van der Waals surface area contributed by atoms with E-state index in [-0.39, 0.29) is 0 Å². The Hall–Kier alpha value is -1.10. The Morgan fingerprint density at radius 3 is 2.81 bits per heavy atom. The monoisotopic (exact) mass is 306 g/mol. The second kappa shape index (κ2) is 5.95. The third kappa shape index (κ3) is 3.07. The summed E-state index contributed by atoms with van der Waals surface area (Å²) in [5, 5.41) is 6.86. The number of likely N-dealkylation sites (tertiary alicyclic amines) is 1. The molecule has 0 unspecified atom stereocenters. The summed E-state index contributed by atoms with van der Waals surface area (Å²) in [6.07, 6.45) is 5.56. The Morgan fingerprint density at radius 1 is 1.48 bits per heavy atom. The Kier molecular flexibility index (Phi) is 4.20. The van der Waals surface area contributed by atoms with Crippen molar-refractivity contribution in [3.63, 3.8) is 0 Å². The molecule has 2 heterocycles. The van der Waals surface area contributed by atoms with E-state index in [1.54, 1.807) is 11.3 Å². The molecule has 4 nitrogen and oxygen atoms in total. The van der Waals surface area contributed by atoms with Crippen molar-refractivity contribution in [2.75, 3.05) is 20.1 Å². The predicted molar refractivity (Wildman–Crippen MR) is 88.9 cm³/mol. The quantitative estimate of drug-likeness (QED) is 0.688. The molecule has 5 heteroatoms. The lowest BCUT2D eigenvalue weighted by molar-refractivity contribution is 0.151. The SMILES string of the molecule is CN=C(NCc1csc(C(C)C)n1)N1CCC2(CCC2)C1. The first-order valence-electron chi connectivity index (χ1n) is 8.02. The summed E-state index contributed by atoms with van der Waals surface area (Å²) in [5.74, 6) is 1.55. The fourth-order valence-corrected chi connectivity index (χ4v) is 4.21. The molecule has 1 spiro atoms. The number of aliphatic imine (C=N–C) groups is 1. The van der Waals surface area contributed by atoms with Crippen LogP contribution in [0.3, 0.4) is 0 Å². The second-order valence-corrected chi connectivity index (χ2v) is 7.65. The highest BCUT2D eigenvalue weighted by Gasteiger charge is 2.43. The number of thiazole rings is 1. The summed E-state index contributed by atoms with van der Waals surface area (Å²) in [5.41, 5.74) is 1.74. The number of hydrogen-bond acceptors (Lipinski definition) is 3. The molecule has 0 amide bonds. The summed E-state index contributed by atoms with van der Waals surface area (Å²) in [7, 11) is 1.88. The van der Waals surface area contributed by atoms with Crippen LogP contribution in [0.2, 0.25) is 0 Å². The molecule has 1 saturated carbocycles. The second-order valence-electron chi connectivity index (χ2n) is 6.76. The van der Waals surface area contributed by atoms with Gasteiger partial charge in [-0.2, -0.15) is 0 Å². The zero-order valence-electron chi connectivity index (χ0n) is 13.4. The third-order valence-corrected chi connectivity index (χ3v) is 6.05. The van der Waals surface area contributed by atoms with E-state index >= 15 is 0 Å². The van der Waals surface area contributed by atoms with Gasteiger partial charge in [0.15, 0.2) is 5.96 Å². The maximum atomic E-state index is 4.68. The van der Waals surface area contributed by atoms with Crippen molar-refractivity contribution in [3.8, 4) is 0 Å². The van der Waals surface area contributed by atoms with Crippen molar-refractivity contribution < 1.29 is 0 Å². The lowest BCUT2D eigenvalue weighted by atomic mass is 9.68. The number of rotatable bonds is 3. The highest BCUT2D eigenvalue weighted by Crippen LogP contribution is 2.47. The van der Waals surface area contributed by atoms with Crippen LogP contribution in [0.1, 0.15) is 56.2 Å². The highest BCUT2D eigenvalue weighted by atomic mass is 32.1. The van der Waals surface area contributed by atoms with E-state index in [2.05, 4.69) is 39.4 Å². The molecule has 3 rings (SSSR count). The fourth-order valence-electron chi connectivity index (χ4n) is 3.37. The van der Waals surface area contributed by atoms with Gasteiger partial charge < -0.3 is 10.2 Å². The van der Waals surface area contributed by atoms with Gasteiger partial charge in [-0.05, 0) is 24.7 Å². The van der Waals surface area contributed by atoms with Gasteiger partial charge in [0.2, 0.25) is 0 Å². The molecule has 0 aromatic carbocycles. The number of nitrogens with one attached hydrogen (secondary N) is 1. The van der Waals surface area contributed by atoms with Gasteiger partial charge in [-0.1, -0.05) is 20.3 Å². The van der Waals surface area contributed by atoms with Gasteiger partial charge in [-0.25, -0.2) is 4.98 Å². The van der Waals surface area contributed by atoms with Gasteiger partial charge in [0.1, 0.15) is 0 Å². The van der Waals surface area contributed by atoms with Crippen LogP contribution in [-0.4, -0.2) is 36.0 Å². The first-order valence-corrected chi connectivity index (χ1v) is 8.90. The zero-order chi connectivity index (χ0) is 14.9. The largest absolute Gasteiger partial charge is 0.351 e. The van der Waals surface area contributed by atoms with Gasteiger partial charge in [-0.15, -0.1) is 11.3 Å². The molecule has 0 radical (unpaired) electrons. The van der Waals surface area contributed by atoms with Gasteiger partial charge in [0.05, 0.1) is 17.2 Å². The van der Waals surface area contributed by atoms with Gasteiger partial charge in [0.25, 0.3) is 0 Å². The molecule has 0 bridgehead atoms. The van der Waals surface area contributed by atoms with Crippen molar-refractivity contribution in [2.24, 2.45) is 10.4 Å². The highest BCUT2D eigenvalue weighted by molar-refractivity contribution is 7.09. The first kappa shape index (κ1) is 14.8. The summed E-state index contributed by atoms with van der Waals surface area (Å²) in [6.45, 7) is 7.49. The average molecular weight is 306 g/mol. The van der Waals surface area contributed by atoms with Crippen LogP contribution < -0.4 is 5.32 Å². The van der Waals surface area contributed by atoms with Gasteiger partial charge in [0, 0.05) is 31.4 Å². The van der Waals surface area contributed by atoms with Crippen LogP contribution >= 0.6 is 11.3 Å². The van der Waals surface area contributed by atoms with Crippen molar-refractivity contribution in [3.05, 3.63) is 16.1 Å². The zero-order valence-corrected chi connectivity index (χ0v) is 14.2. The molecule has 2 fully saturated rings. The lowest BCUT2D eigenvalue weighted by Gasteiger charge is -2.38. The first-order chi connectivity index (χ1) is 10.1. The minimum Gasteiger partial charge on any atom is -0.351 e. The van der Waals surface area contributed by atoms with E-state index < -0.39 is 0 Å². The van der Waals surface area contributed by atoms with E-state index in [0.717, 1.165) is 24.7 Å². The summed E-state index contributed by atoms with van der Waals surface area (Å²) < 4.78 is 0. The minimum atomic E-state index is 0.514. The summed E-state index contributed by atoms with van der Waals surface area (Å²) >= 11 is 1.76. The lowest BCUT2D eigenvalue weighted by Crippen LogP contribution is -2.42. The molecule has 1 aromatic rings. The Morgan fingerprint density at radius 2 is 2.29 bits per heavy atom. The van der Waals surface area contributed by atoms with Crippen LogP contribution in [0, 0.1) is 5.41 Å². The number of hydrogen-bond donors (Lipinski definition) is 1. The summed E-state index contributed by atoms with van der Waals surface area (Å²) in [6, 6.07) is 0. The molecular weight excluding hydrogens is 280 g/mol. The van der Waals surface area contributed by atoms with Crippen LogP contribution in [0.15, 0.2) is 10.4 Å². The van der Waals surface area contributed by atoms with Crippen molar-refractivity contribution in [1.29, 1.82) is 0 Å². The molecule has 1 aromatic heterocycles. The smallest absolute Gasteiger partial charge is 0.193 e. The van der Waals surface area contributed by atoms with Crippen molar-refractivity contribution in [1.82, 2.24) is 15.2 Å². The molecule has 1 aliphatic carbocycles. The summed E-state index contributed by atoms with van der Waals surface area (Å²) in [4.78, 5) is 11.6. The van der Waals surface area contributed by atoms with Crippen LogP contribution in [0.4, 0.5) is 0 Å². The fraction of sp³-hybridized carbons (Fsp3) is 0.750. The molecule has 1 aliphatic heterocycles. The molecule has 0 atom stereocenters. The average Bonchev–Trinajstić information content (AvgIpc) is 3.05. The standard InChI is InChI=1S/C16H26N4S/c1-12(2)14-19-13(10-21-14)9-18-15(17-3)20-8-7-16(11-20)5-4-6-16/h10,12H,4-9,11H2,1-3H3,(H,17,18). The van der Waals surface area contributed by atoms with Crippen LogP contribution in [0.25, 0.3) is 0 Å². The molecule has 2 aliphatic rings. The normalized spacial score (nSPS) is 21.1. The number of nitrogens with zero attached hydrogens (tertiary/aromatic N) is 3. The van der Waals surface area contributed by atoms with Crippen LogP contribution in [0.5, 0.6) is 0 Å². The maximum Gasteiger partial charge on any atom is 0.193 e. The van der Waals surface area contributed by atoms with E-state index in [4.69, 9.17) is 0 Å². The molecule has 1 saturated heterocycles. The molecular formula is C16H26N4S. The van der Waals surface area contributed by atoms with E-state index in [9.17, 15) is 0 Å². The molecule has 21 heavy (non-hydrogen) atoms. The van der Waals surface area contributed by atoms with Crippen molar-refractivity contribution in [2.45, 2.75) is 52.0 Å². The molecule has 116 valence electrons. The third-order valence-electron chi connectivity index (χ3n) is 4.85. The molecule has 1 N–H and O–H groups in total. The predicted octanol–water partition coefficient (Wildman–Crippen LogP) is 3.22. The van der Waals surface area contributed by atoms with Gasteiger partial charge >= 0.3 is 0 Å². The van der Waals surface area contributed by atoms with Gasteiger partial charge in [-0.3, -0.25) is 4.99 Å². The van der Waals surface area contributed by atoms with Crippen molar-refractivity contribution >= 4 is 17.3 Å². The number of aromatic nitrogens is 1. The topological polar surface area (TPSA) is 40.5 Å². The Balaban J connectivity index is 1.55. The van der Waals surface area contributed by atoms with E-state index in [1.165, 1.54) is 37.2 Å². The Labute approximate surface area is 131 Å². The minimum absolute atomic E-state index is 0.514.